The minimum absolute atomic E-state index is 0.170. The van der Waals surface area contributed by atoms with Crippen LogP contribution in [0.2, 0.25) is 0 Å². The minimum atomic E-state index is -4.68. The molecule has 0 fully saturated rings. The number of rotatable bonds is 5. The second kappa shape index (κ2) is 6.17. The minimum Gasteiger partial charge on any atom is -0.406 e. The molecule has 3 N–H and O–H groups in total. The van der Waals surface area contributed by atoms with Crippen LogP contribution in [-0.2, 0) is 0 Å². The van der Waals surface area contributed by atoms with Gasteiger partial charge in [-0.05, 0) is 36.2 Å². The molecule has 1 aromatic heterocycles. The fraction of sp³-hybridized carbons (Fsp3) is 0.357. The van der Waals surface area contributed by atoms with Gasteiger partial charge in [-0.1, -0.05) is 13.3 Å². The third kappa shape index (κ3) is 4.22. The van der Waals surface area contributed by atoms with E-state index in [1.54, 1.807) is 6.20 Å². The molecule has 0 saturated heterocycles. The highest BCUT2D eigenvalue weighted by molar-refractivity contribution is 5.59. The Balaban J connectivity index is 2.12. The molecule has 0 amide bonds. The lowest BCUT2D eigenvalue weighted by atomic mass is 10.1. The van der Waals surface area contributed by atoms with Crippen LogP contribution in [0.15, 0.2) is 30.5 Å². The van der Waals surface area contributed by atoms with Crippen molar-refractivity contribution in [2.24, 2.45) is 5.73 Å². The molecule has 0 spiro atoms. The van der Waals surface area contributed by atoms with Gasteiger partial charge >= 0.3 is 6.36 Å². The van der Waals surface area contributed by atoms with Crippen molar-refractivity contribution in [2.75, 3.05) is 0 Å². The summed E-state index contributed by atoms with van der Waals surface area (Å²) in [5.41, 5.74) is 7.37. The van der Waals surface area contributed by atoms with E-state index < -0.39 is 6.36 Å². The molecule has 2 rings (SSSR count). The van der Waals surface area contributed by atoms with Gasteiger partial charge in [0.1, 0.15) is 11.6 Å². The van der Waals surface area contributed by atoms with Crippen LogP contribution < -0.4 is 10.5 Å². The Labute approximate surface area is 120 Å². The zero-order valence-electron chi connectivity index (χ0n) is 11.4. The molecule has 114 valence electrons. The predicted molar refractivity (Wildman–Crippen MR) is 72.5 cm³/mol. The average molecular weight is 299 g/mol. The topological polar surface area (TPSA) is 63.9 Å². The monoisotopic (exact) mass is 299 g/mol. The SMILES string of the molecule is CCCC(N)c1ncc(-c2ccc(OC(F)(F)F)cc2)[nH]1. The summed E-state index contributed by atoms with van der Waals surface area (Å²) in [6.45, 7) is 2.03. The number of aromatic nitrogens is 2. The van der Waals surface area contributed by atoms with E-state index in [0.29, 0.717) is 17.1 Å². The van der Waals surface area contributed by atoms with Crippen LogP contribution in [-0.4, -0.2) is 16.3 Å². The van der Waals surface area contributed by atoms with Gasteiger partial charge in [0.15, 0.2) is 0 Å². The van der Waals surface area contributed by atoms with Crippen LogP contribution in [0.4, 0.5) is 13.2 Å². The Bertz CT molecular complexity index is 578. The van der Waals surface area contributed by atoms with Gasteiger partial charge < -0.3 is 15.5 Å². The molecular formula is C14H16F3N3O. The molecule has 7 heteroatoms. The highest BCUT2D eigenvalue weighted by Gasteiger charge is 2.30. The smallest absolute Gasteiger partial charge is 0.406 e. The summed E-state index contributed by atoms with van der Waals surface area (Å²) in [4.78, 5) is 7.28. The molecule has 1 atom stereocenters. The summed E-state index contributed by atoms with van der Waals surface area (Å²) >= 11 is 0. The summed E-state index contributed by atoms with van der Waals surface area (Å²) in [5.74, 6) is 0.413. The predicted octanol–water partition coefficient (Wildman–Crippen LogP) is 3.78. The van der Waals surface area contributed by atoms with Crippen molar-refractivity contribution in [2.45, 2.75) is 32.2 Å². The second-order valence-corrected chi connectivity index (χ2v) is 4.65. The number of nitrogens with two attached hydrogens (primary N) is 1. The van der Waals surface area contributed by atoms with Crippen molar-refractivity contribution < 1.29 is 17.9 Å². The number of H-pyrrole nitrogens is 1. The fourth-order valence-electron chi connectivity index (χ4n) is 1.96. The number of alkyl halides is 3. The van der Waals surface area contributed by atoms with Gasteiger partial charge in [0.05, 0.1) is 17.9 Å². The zero-order valence-corrected chi connectivity index (χ0v) is 11.4. The Morgan fingerprint density at radius 3 is 2.52 bits per heavy atom. The number of hydrogen-bond donors (Lipinski definition) is 2. The molecule has 1 aromatic carbocycles. The molecule has 21 heavy (non-hydrogen) atoms. The quantitative estimate of drug-likeness (QED) is 0.883. The van der Waals surface area contributed by atoms with E-state index in [9.17, 15) is 13.2 Å². The highest BCUT2D eigenvalue weighted by Crippen LogP contribution is 2.26. The molecule has 1 unspecified atom stereocenters. The Morgan fingerprint density at radius 1 is 1.29 bits per heavy atom. The fourth-order valence-corrected chi connectivity index (χ4v) is 1.96. The van der Waals surface area contributed by atoms with Crippen LogP contribution in [0.3, 0.4) is 0 Å². The number of hydrogen-bond acceptors (Lipinski definition) is 3. The number of aromatic amines is 1. The van der Waals surface area contributed by atoms with Crippen LogP contribution in [0, 0.1) is 0 Å². The first-order valence-corrected chi connectivity index (χ1v) is 6.55. The summed E-state index contributed by atoms with van der Waals surface area (Å²) < 4.78 is 40.1. The molecule has 1 heterocycles. The summed E-state index contributed by atoms with van der Waals surface area (Å²) in [6.07, 6.45) is -1.31. The van der Waals surface area contributed by atoms with Crippen molar-refractivity contribution in [3.05, 3.63) is 36.3 Å². The molecule has 0 aliphatic heterocycles. The molecule has 0 radical (unpaired) electrons. The number of imidazole rings is 1. The van der Waals surface area contributed by atoms with Crippen molar-refractivity contribution in [3.8, 4) is 17.0 Å². The van der Waals surface area contributed by atoms with Gasteiger partial charge in [-0.2, -0.15) is 0 Å². The number of benzene rings is 1. The number of halogens is 3. The number of nitrogens with zero attached hydrogens (tertiary/aromatic N) is 1. The van der Waals surface area contributed by atoms with Crippen molar-refractivity contribution in [1.82, 2.24) is 9.97 Å². The van der Waals surface area contributed by atoms with E-state index in [0.717, 1.165) is 12.8 Å². The van der Waals surface area contributed by atoms with Crippen molar-refractivity contribution in [1.29, 1.82) is 0 Å². The van der Waals surface area contributed by atoms with Gasteiger partial charge in [0.2, 0.25) is 0 Å². The Kier molecular flexibility index (Phi) is 4.52. The first-order valence-electron chi connectivity index (χ1n) is 6.55. The summed E-state index contributed by atoms with van der Waals surface area (Å²) in [6, 6.07) is 5.41. The van der Waals surface area contributed by atoms with E-state index in [1.165, 1.54) is 24.3 Å². The Morgan fingerprint density at radius 2 is 1.95 bits per heavy atom. The van der Waals surface area contributed by atoms with Crippen LogP contribution >= 0.6 is 0 Å². The van der Waals surface area contributed by atoms with Crippen molar-refractivity contribution in [3.63, 3.8) is 0 Å². The third-order valence-corrected chi connectivity index (χ3v) is 2.95. The third-order valence-electron chi connectivity index (χ3n) is 2.95. The van der Waals surface area contributed by atoms with E-state index >= 15 is 0 Å². The normalized spacial score (nSPS) is 13.2. The highest BCUT2D eigenvalue weighted by atomic mass is 19.4. The average Bonchev–Trinajstić information content (AvgIpc) is 2.87. The first kappa shape index (κ1) is 15.4. The second-order valence-electron chi connectivity index (χ2n) is 4.65. The van der Waals surface area contributed by atoms with Gasteiger partial charge in [0, 0.05) is 0 Å². The Hall–Kier alpha value is -2.02. The molecule has 0 aliphatic rings. The van der Waals surface area contributed by atoms with Crippen LogP contribution in [0.5, 0.6) is 5.75 Å². The first-order chi connectivity index (χ1) is 9.89. The van der Waals surface area contributed by atoms with Gasteiger partial charge in [-0.3, -0.25) is 0 Å². The maximum Gasteiger partial charge on any atom is 0.573 e. The summed E-state index contributed by atoms with van der Waals surface area (Å²) in [7, 11) is 0. The molecule has 0 saturated carbocycles. The maximum atomic E-state index is 12.1. The van der Waals surface area contributed by atoms with E-state index in [4.69, 9.17) is 5.73 Å². The van der Waals surface area contributed by atoms with E-state index in [1.807, 2.05) is 6.92 Å². The van der Waals surface area contributed by atoms with Gasteiger partial charge in [-0.25, -0.2) is 4.98 Å². The molecule has 0 bridgehead atoms. The van der Waals surface area contributed by atoms with E-state index in [-0.39, 0.29) is 11.8 Å². The largest absolute Gasteiger partial charge is 0.573 e. The molecule has 0 aliphatic carbocycles. The lowest BCUT2D eigenvalue weighted by Gasteiger charge is -2.09. The maximum absolute atomic E-state index is 12.1. The van der Waals surface area contributed by atoms with Crippen LogP contribution in [0.25, 0.3) is 11.3 Å². The van der Waals surface area contributed by atoms with Gasteiger partial charge in [0.25, 0.3) is 0 Å². The standard InChI is InChI=1S/C14H16F3N3O/c1-2-3-11(18)13-19-8-12(20-13)9-4-6-10(7-5-9)21-14(15,16)17/h4-8,11H,2-3,18H2,1H3,(H,19,20). The molecule has 2 aromatic rings. The van der Waals surface area contributed by atoms with Crippen molar-refractivity contribution >= 4 is 0 Å². The number of nitrogens with one attached hydrogen (secondary N) is 1. The lowest BCUT2D eigenvalue weighted by molar-refractivity contribution is -0.274. The number of ether oxygens (including phenoxy) is 1. The lowest BCUT2D eigenvalue weighted by Crippen LogP contribution is -2.16. The molecule has 4 nitrogen and oxygen atoms in total. The van der Waals surface area contributed by atoms with E-state index in [2.05, 4.69) is 14.7 Å². The summed E-state index contributed by atoms with van der Waals surface area (Å²) in [5, 5.41) is 0. The molecular weight excluding hydrogens is 283 g/mol. The van der Waals surface area contributed by atoms with Gasteiger partial charge in [-0.15, -0.1) is 13.2 Å². The zero-order chi connectivity index (χ0) is 15.5. The van der Waals surface area contributed by atoms with Crippen LogP contribution in [0.1, 0.15) is 31.6 Å².